The van der Waals surface area contributed by atoms with E-state index in [-0.39, 0.29) is 11.1 Å². The third kappa shape index (κ3) is 6.45. The summed E-state index contributed by atoms with van der Waals surface area (Å²) in [5, 5.41) is 8.64. The second-order valence-corrected chi connectivity index (χ2v) is 22.5. The van der Waals surface area contributed by atoms with Crippen LogP contribution in [0.25, 0.3) is 22.3 Å². The molecular weight excluding hydrogens is 781 g/mol. The molecule has 9 aromatic rings. The third-order valence-electron chi connectivity index (χ3n) is 11.7. The van der Waals surface area contributed by atoms with Gasteiger partial charge in [0.05, 0.1) is 11.1 Å². The van der Waals surface area contributed by atoms with Gasteiger partial charge < -0.3 is 0 Å². The highest BCUT2D eigenvalue weighted by Gasteiger charge is 2.43. The quantitative estimate of drug-likeness (QED) is 0.0564. The minimum Gasteiger partial charge on any atom is -0.203 e. The maximum Gasteiger partial charge on any atom is 0.179 e. The first kappa shape index (κ1) is 38.6. The summed E-state index contributed by atoms with van der Waals surface area (Å²) in [4.78, 5) is 0. The fourth-order valence-corrected chi connectivity index (χ4v) is 18.5. The van der Waals surface area contributed by atoms with Crippen molar-refractivity contribution in [2.75, 3.05) is 0 Å². The van der Waals surface area contributed by atoms with Crippen LogP contribution in [0, 0.1) is 23.3 Å². The molecule has 0 atom stereocenters. The van der Waals surface area contributed by atoms with Crippen LogP contribution in [-0.2, 0) is 0 Å². The lowest BCUT2D eigenvalue weighted by Crippen LogP contribution is -2.74. The molecule has 0 spiro atoms. The SMILES string of the molecule is Fc1c(F)c(-c2ccc([Si](c3ccccc3)(c3ccccc3)c3ccccc3)cc2)c(F)c(F)c1-c1ccc([Si](c2ccccc2)(c2ccccc2)c2ccccc2)cc1. The van der Waals surface area contributed by atoms with E-state index < -0.39 is 50.5 Å². The predicted molar refractivity (Wildman–Crippen MR) is 244 cm³/mol. The van der Waals surface area contributed by atoms with Gasteiger partial charge in [0, 0.05) is 0 Å². The van der Waals surface area contributed by atoms with Crippen LogP contribution < -0.4 is 41.5 Å². The van der Waals surface area contributed by atoms with E-state index in [1.54, 1.807) is 24.3 Å². The zero-order chi connectivity index (χ0) is 41.1. The Morgan fingerprint density at radius 2 is 0.367 bits per heavy atom. The first-order valence-corrected chi connectivity index (χ1v) is 23.9. The standard InChI is InChI=1S/C54H38F4Si2/c55-51-49(39-31-35-47(36-32-39)59(41-19-7-1-8-20-41,42-21-9-2-10-22-42)43-23-11-3-12-24-43)52(56)54(58)50(53(51)57)40-33-37-48(38-34-40)60(44-25-13-4-14-26-44,45-27-15-5-16-28-45)46-29-17-6-18-30-46/h1-38H. The molecule has 9 rings (SSSR count). The third-order valence-corrected chi connectivity index (χ3v) is 21.3. The molecule has 0 aliphatic heterocycles. The molecule has 0 nitrogen and oxygen atoms in total. The Bertz CT molecular complexity index is 2430. The molecule has 290 valence electrons. The summed E-state index contributed by atoms with van der Waals surface area (Å²) in [7, 11) is -5.88. The Labute approximate surface area is 349 Å². The zero-order valence-electron chi connectivity index (χ0n) is 32.5. The van der Waals surface area contributed by atoms with Gasteiger partial charge in [0.25, 0.3) is 0 Å². The van der Waals surface area contributed by atoms with Crippen molar-refractivity contribution in [3.8, 4) is 22.3 Å². The second kappa shape index (κ2) is 16.4. The van der Waals surface area contributed by atoms with E-state index in [0.717, 1.165) is 41.5 Å². The average molecular weight is 819 g/mol. The Hall–Kier alpha value is -6.87. The summed E-state index contributed by atoms with van der Waals surface area (Å²) in [5.41, 5.74) is -1.41. The van der Waals surface area contributed by atoms with Gasteiger partial charge in [-0.1, -0.05) is 231 Å². The van der Waals surface area contributed by atoms with E-state index in [1.807, 2.05) is 133 Å². The Kier molecular flexibility index (Phi) is 10.6. The number of hydrogen-bond acceptors (Lipinski definition) is 0. The fraction of sp³-hybridized carbons (Fsp3) is 0. The highest BCUT2D eigenvalue weighted by Crippen LogP contribution is 2.37. The molecule has 0 radical (unpaired) electrons. The maximum absolute atomic E-state index is 16.4. The first-order valence-electron chi connectivity index (χ1n) is 19.9. The van der Waals surface area contributed by atoms with Gasteiger partial charge in [-0.25, -0.2) is 17.6 Å². The molecular formula is C54H38F4Si2. The lowest BCUT2D eigenvalue weighted by atomic mass is 9.97. The molecule has 0 fully saturated rings. The predicted octanol–water partition coefficient (Wildman–Crippen LogP) is 8.33. The van der Waals surface area contributed by atoms with E-state index in [9.17, 15) is 0 Å². The van der Waals surface area contributed by atoms with Gasteiger partial charge in [0.2, 0.25) is 0 Å². The van der Waals surface area contributed by atoms with Gasteiger partial charge in [-0.05, 0) is 52.6 Å². The smallest absolute Gasteiger partial charge is 0.179 e. The van der Waals surface area contributed by atoms with E-state index >= 15 is 17.6 Å². The molecule has 0 unspecified atom stereocenters. The van der Waals surface area contributed by atoms with Gasteiger partial charge in [-0.2, -0.15) is 0 Å². The topological polar surface area (TPSA) is 0 Å². The normalized spacial score (nSPS) is 11.7. The van der Waals surface area contributed by atoms with Crippen LogP contribution in [0.4, 0.5) is 17.6 Å². The minimum atomic E-state index is -2.94. The Morgan fingerprint density at radius 1 is 0.200 bits per heavy atom. The molecule has 6 heteroatoms. The van der Waals surface area contributed by atoms with Gasteiger partial charge in [0.1, 0.15) is 0 Å². The molecule has 0 aromatic heterocycles. The van der Waals surface area contributed by atoms with Gasteiger partial charge >= 0.3 is 0 Å². The van der Waals surface area contributed by atoms with Crippen LogP contribution in [0.2, 0.25) is 0 Å². The molecule has 0 bridgehead atoms. The van der Waals surface area contributed by atoms with Crippen molar-refractivity contribution in [1.29, 1.82) is 0 Å². The number of hydrogen-bond donors (Lipinski definition) is 0. The number of rotatable bonds is 10. The van der Waals surface area contributed by atoms with Crippen LogP contribution in [0.3, 0.4) is 0 Å². The van der Waals surface area contributed by atoms with Gasteiger partial charge in [-0.3, -0.25) is 0 Å². The van der Waals surface area contributed by atoms with Crippen molar-refractivity contribution < 1.29 is 17.6 Å². The number of halogens is 4. The summed E-state index contributed by atoms with van der Waals surface area (Å²) in [5.74, 6) is -5.78. The fourth-order valence-electron chi connectivity index (χ4n) is 9.04. The van der Waals surface area contributed by atoms with Crippen molar-refractivity contribution in [2.45, 2.75) is 0 Å². The lowest BCUT2D eigenvalue weighted by molar-refractivity contribution is 0.463. The molecule has 0 amide bonds. The van der Waals surface area contributed by atoms with E-state index in [4.69, 9.17) is 0 Å². The van der Waals surface area contributed by atoms with Crippen LogP contribution in [0.15, 0.2) is 231 Å². The summed E-state index contributed by atoms with van der Waals surface area (Å²) in [6.45, 7) is 0. The largest absolute Gasteiger partial charge is 0.203 e. The van der Waals surface area contributed by atoms with E-state index in [0.29, 0.717) is 0 Å². The van der Waals surface area contributed by atoms with Gasteiger partial charge in [0.15, 0.2) is 39.4 Å². The molecule has 0 heterocycles. The van der Waals surface area contributed by atoms with Gasteiger partial charge in [-0.15, -0.1) is 0 Å². The van der Waals surface area contributed by atoms with Crippen molar-refractivity contribution >= 4 is 57.6 Å². The molecule has 0 saturated heterocycles. The Balaban J connectivity index is 1.15. The zero-order valence-corrected chi connectivity index (χ0v) is 34.5. The molecule has 0 aliphatic carbocycles. The highest BCUT2D eigenvalue weighted by atomic mass is 28.3. The summed E-state index contributed by atoms with van der Waals surface area (Å²) >= 11 is 0. The molecule has 0 aliphatic rings. The molecule has 0 saturated carbocycles. The van der Waals surface area contributed by atoms with Crippen LogP contribution in [0.1, 0.15) is 0 Å². The second-order valence-electron chi connectivity index (χ2n) is 14.9. The molecule has 0 N–H and O–H groups in total. The van der Waals surface area contributed by atoms with Crippen molar-refractivity contribution in [1.82, 2.24) is 0 Å². The molecule has 9 aromatic carbocycles. The van der Waals surface area contributed by atoms with Crippen LogP contribution in [-0.4, -0.2) is 16.1 Å². The first-order chi connectivity index (χ1) is 29.5. The summed E-state index contributed by atoms with van der Waals surface area (Å²) < 4.78 is 65.5. The van der Waals surface area contributed by atoms with Crippen LogP contribution in [0.5, 0.6) is 0 Å². The van der Waals surface area contributed by atoms with E-state index in [1.165, 1.54) is 0 Å². The highest BCUT2D eigenvalue weighted by molar-refractivity contribution is 7.20. The van der Waals surface area contributed by atoms with Crippen molar-refractivity contribution in [2.24, 2.45) is 0 Å². The Morgan fingerprint density at radius 3 is 0.550 bits per heavy atom. The summed E-state index contributed by atoms with van der Waals surface area (Å²) in [6, 6.07) is 75.0. The van der Waals surface area contributed by atoms with Crippen molar-refractivity contribution in [3.63, 3.8) is 0 Å². The van der Waals surface area contributed by atoms with Crippen molar-refractivity contribution in [3.05, 3.63) is 254 Å². The maximum atomic E-state index is 16.4. The monoisotopic (exact) mass is 818 g/mol. The summed E-state index contributed by atoms with van der Waals surface area (Å²) in [6.07, 6.45) is 0. The number of benzene rings is 9. The average Bonchev–Trinajstić information content (AvgIpc) is 3.32. The lowest BCUT2D eigenvalue weighted by Gasteiger charge is -2.34. The van der Waals surface area contributed by atoms with E-state index in [2.05, 4.69) is 72.8 Å². The van der Waals surface area contributed by atoms with Crippen LogP contribution >= 0.6 is 0 Å². The minimum absolute atomic E-state index is 0.0369. The molecule has 60 heavy (non-hydrogen) atoms.